The molecule has 0 fully saturated rings. The van der Waals surface area contributed by atoms with Crippen molar-refractivity contribution in [3.8, 4) is 0 Å². The van der Waals surface area contributed by atoms with E-state index in [1.807, 2.05) is 25.1 Å². The molecule has 24 heavy (non-hydrogen) atoms. The van der Waals surface area contributed by atoms with Crippen LogP contribution in [0.25, 0.3) is 0 Å². The summed E-state index contributed by atoms with van der Waals surface area (Å²) in [5.41, 5.74) is 1.49. The highest BCUT2D eigenvalue weighted by Crippen LogP contribution is 2.16. The minimum atomic E-state index is -0.716. The van der Waals surface area contributed by atoms with Gasteiger partial charge in [0.15, 0.2) is 0 Å². The van der Waals surface area contributed by atoms with E-state index in [0.717, 1.165) is 35.5 Å². The van der Waals surface area contributed by atoms with Crippen molar-refractivity contribution in [2.24, 2.45) is 0 Å². The molecular weight excluding hydrogens is 334 g/mol. The summed E-state index contributed by atoms with van der Waals surface area (Å²) in [7, 11) is 0. The Morgan fingerprint density at radius 3 is 2.42 bits per heavy atom. The third-order valence-corrected chi connectivity index (χ3v) is 3.90. The zero-order valence-electron chi connectivity index (χ0n) is 12.9. The van der Waals surface area contributed by atoms with Crippen LogP contribution in [0.1, 0.15) is 5.56 Å². The second-order valence-corrected chi connectivity index (χ2v) is 6.07. The fraction of sp³-hybridized carbons (Fsp3) is 0.176. The molecule has 2 aromatic rings. The van der Waals surface area contributed by atoms with Gasteiger partial charge < -0.3 is 10.6 Å². The average molecular weight is 350 g/mol. The molecule has 0 unspecified atom stereocenters. The molecule has 0 spiro atoms. The van der Waals surface area contributed by atoms with Crippen molar-refractivity contribution in [2.45, 2.75) is 6.92 Å². The first-order valence-corrected chi connectivity index (χ1v) is 8.28. The lowest BCUT2D eigenvalue weighted by Crippen LogP contribution is -2.19. The fourth-order valence-electron chi connectivity index (χ4n) is 1.94. The van der Waals surface area contributed by atoms with Crippen molar-refractivity contribution >= 4 is 35.0 Å². The third-order valence-electron chi connectivity index (χ3n) is 2.97. The van der Waals surface area contributed by atoms with Gasteiger partial charge in [0.05, 0.1) is 17.2 Å². The number of anilines is 2. The highest BCUT2D eigenvalue weighted by Gasteiger charge is 2.10. The van der Waals surface area contributed by atoms with Gasteiger partial charge in [-0.05, 0) is 36.8 Å². The molecule has 2 aromatic carbocycles. The summed E-state index contributed by atoms with van der Waals surface area (Å²) >= 11 is 1.08. The van der Waals surface area contributed by atoms with E-state index in [4.69, 9.17) is 0 Å². The van der Waals surface area contributed by atoms with E-state index in [0.29, 0.717) is 5.69 Å². The van der Waals surface area contributed by atoms with E-state index in [2.05, 4.69) is 10.6 Å². The van der Waals surface area contributed by atoms with Crippen LogP contribution in [0, 0.1) is 18.6 Å². The number of hydrogen-bond donors (Lipinski definition) is 2. The maximum atomic E-state index is 13.4. The summed E-state index contributed by atoms with van der Waals surface area (Å²) in [6, 6.07) is 10.2. The molecule has 2 rings (SSSR count). The number of rotatable bonds is 6. The summed E-state index contributed by atoms with van der Waals surface area (Å²) in [6.07, 6.45) is 0. The van der Waals surface area contributed by atoms with Gasteiger partial charge in [-0.3, -0.25) is 9.59 Å². The second kappa shape index (κ2) is 8.44. The van der Waals surface area contributed by atoms with E-state index in [-0.39, 0.29) is 23.1 Å². The summed E-state index contributed by atoms with van der Waals surface area (Å²) < 4.78 is 26.4. The van der Waals surface area contributed by atoms with Crippen LogP contribution in [0.5, 0.6) is 0 Å². The summed E-state index contributed by atoms with van der Waals surface area (Å²) in [6.45, 7) is 1.92. The Kier molecular flexibility index (Phi) is 6.31. The molecule has 0 aromatic heterocycles. The minimum Gasteiger partial charge on any atom is -0.325 e. The van der Waals surface area contributed by atoms with E-state index in [9.17, 15) is 18.4 Å². The largest absolute Gasteiger partial charge is 0.325 e. The Morgan fingerprint density at radius 1 is 1.00 bits per heavy atom. The summed E-state index contributed by atoms with van der Waals surface area (Å²) in [5.74, 6) is -2.07. The summed E-state index contributed by atoms with van der Waals surface area (Å²) in [4.78, 5) is 23.5. The number of hydrogen-bond acceptors (Lipinski definition) is 3. The SMILES string of the molecule is Cc1cccc(NC(=O)CSCC(=O)Nc2cc(F)ccc2F)c1. The van der Waals surface area contributed by atoms with Crippen molar-refractivity contribution < 1.29 is 18.4 Å². The lowest BCUT2D eigenvalue weighted by molar-refractivity contribution is -0.114. The van der Waals surface area contributed by atoms with Crippen LogP contribution in [0.15, 0.2) is 42.5 Å². The smallest absolute Gasteiger partial charge is 0.234 e. The molecule has 0 atom stereocenters. The molecule has 0 radical (unpaired) electrons. The molecule has 0 aliphatic carbocycles. The number of thioether (sulfide) groups is 1. The number of amides is 2. The Hall–Kier alpha value is -2.41. The van der Waals surface area contributed by atoms with Crippen LogP contribution >= 0.6 is 11.8 Å². The maximum absolute atomic E-state index is 13.4. The number of carbonyl (C=O) groups is 2. The maximum Gasteiger partial charge on any atom is 0.234 e. The van der Waals surface area contributed by atoms with Gasteiger partial charge in [-0.15, -0.1) is 11.8 Å². The van der Waals surface area contributed by atoms with Crippen LogP contribution in [-0.4, -0.2) is 23.3 Å². The first-order chi connectivity index (χ1) is 11.4. The standard InChI is InChI=1S/C17H16F2N2O2S/c1-11-3-2-4-13(7-11)20-16(22)9-24-10-17(23)21-15-8-12(18)5-6-14(15)19/h2-8H,9-10H2,1H3,(H,20,22)(H,21,23). The lowest BCUT2D eigenvalue weighted by Gasteiger charge is -2.07. The highest BCUT2D eigenvalue weighted by atomic mass is 32.2. The molecule has 2 N–H and O–H groups in total. The average Bonchev–Trinajstić information content (AvgIpc) is 2.51. The van der Waals surface area contributed by atoms with Gasteiger partial charge in [0.25, 0.3) is 0 Å². The lowest BCUT2D eigenvalue weighted by atomic mass is 10.2. The molecule has 0 bridgehead atoms. The first-order valence-electron chi connectivity index (χ1n) is 7.13. The normalized spacial score (nSPS) is 10.3. The Balaban J connectivity index is 1.76. The predicted molar refractivity (Wildman–Crippen MR) is 92.1 cm³/mol. The monoisotopic (exact) mass is 350 g/mol. The molecule has 0 saturated heterocycles. The van der Waals surface area contributed by atoms with E-state index in [1.165, 1.54) is 0 Å². The summed E-state index contributed by atoms with van der Waals surface area (Å²) in [5, 5.41) is 5.00. The van der Waals surface area contributed by atoms with Crippen LogP contribution in [0.4, 0.5) is 20.2 Å². The molecule has 2 amide bonds. The van der Waals surface area contributed by atoms with E-state index in [1.54, 1.807) is 6.07 Å². The zero-order valence-corrected chi connectivity index (χ0v) is 13.8. The zero-order chi connectivity index (χ0) is 17.5. The number of nitrogens with one attached hydrogen (secondary N) is 2. The second-order valence-electron chi connectivity index (χ2n) is 5.08. The van der Waals surface area contributed by atoms with Crippen LogP contribution < -0.4 is 10.6 Å². The van der Waals surface area contributed by atoms with Gasteiger partial charge in [0.2, 0.25) is 11.8 Å². The molecule has 0 saturated carbocycles. The van der Waals surface area contributed by atoms with Crippen molar-refractivity contribution in [3.05, 3.63) is 59.7 Å². The van der Waals surface area contributed by atoms with Crippen molar-refractivity contribution in [2.75, 3.05) is 22.1 Å². The topological polar surface area (TPSA) is 58.2 Å². The van der Waals surface area contributed by atoms with E-state index >= 15 is 0 Å². The minimum absolute atomic E-state index is 0.0445. The number of halogens is 2. The Labute approximate surface area is 142 Å². The number of benzene rings is 2. The van der Waals surface area contributed by atoms with Gasteiger partial charge in [0.1, 0.15) is 11.6 Å². The Bertz CT molecular complexity index is 753. The van der Waals surface area contributed by atoms with Crippen molar-refractivity contribution in [1.29, 1.82) is 0 Å². The van der Waals surface area contributed by atoms with Crippen molar-refractivity contribution in [3.63, 3.8) is 0 Å². The van der Waals surface area contributed by atoms with Crippen LogP contribution in [-0.2, 0) is 9.59 Å². The number of aryl methyl sites for hydroxylation is 1. The van der Waals surface area contributed by atoms with Gasteiger partial charge in [-0.2, -0.15) is 0 Å². The molecule has 0 aliphatic rings. The van der Waals surface area contributed by atoms with Crippen molar-refractivity contribution in [1.82, 2.24) is 0 Å². The van der Waals surface area contributed by atoms with Crippen LogP contribution in [0.3, 0.4) is 0 Å². The molecule has 126 valence electrons. The van der Waals surface area contributed by atoms with Gasteiger partial charge in [-0.25, -0.2) is 8.78 Å². The molecule has 0 heterocycles. The molecule has 0 aliphatic heterocycles. The van der Waals surface area contributed by atoms with Crippen LogP contribution in [0.2, 0.25) is 0 Å². The highest BCUT2D eigenvalue weighted by molar-refractivity contribution is 8.00. The third kappa shape index (κ3) is 5.66. The molecular formula is C17H16F2N2O2S. The molecule has 4 nitrogen and oxygen atoms in total. The van der Waals surface area contributed by atoms with Gasteiger partial charge in [-0.1, -0.05) is 12.1 Å². The van der Waals surface area contributed by atoms with Gasteiger partial charge in [0, 0.05) is 11.8 Å². The number of carbonyl (C=O) groups excluding carboxylic acids is 2. The molecule has 7 heteroatoms. The Morgan fingerprint density at radius 2 is 1.71 bits per heavy atom. The first kappa shape index (κ1) is 17.9. The van der Waals surface area contributed by atoms with E-state index < -0.39 is 17.5 Å². The fourth-order valence-corrected chi connectivity index (χ4v) is 2.55. The predicted octanol–water partition coefficient (Wildman–Crippen LogP) is 3.58. The quantitative estimate of drug-likeness (QED) is 0.837. The van der Waals surface area contributed by atoms with Gasteiger partial charge >= 0.3 is 0 Å².